The van der Waals surface area contributed by atoms with E-state index in [1.165, 1.54) is 5.56 Å². The predicted molar refractivity (Wildman–Crippen MR) is 113 cm³/mol. The molecule has 0 aliphatic heterocycles. The van der Waals surface area contributed by atoms with Crippen LogP contribution in [0.1, 0.15) is 56.2 Å². The van der Waals surface area contributed by atoms with Crippen molar-refractivity contribution in [2.75, 3.05) is 0 Å². The van der Waals surface area contributed by atoms with Crippen LogP contribution in [0, 0.1) is 0 Å². The normalized spacial score (nSPS) is 13.5. The Kier molecular flexibility index (Phi) is 6.22. The Morgan fingerprint density at radius 1 is 1.11 bits per heavy atom. The predicted octanol–water partition coefficient (Wildman–Crippen LogP) is 5.82. The van der Waals surface area contributed by atoms with Crippen molar-refractivity contribution in [2.24, 2.45) is 0 Å². The van der Waals surface area contributed by atoms with Crippen LogP contribution in [0.5, 0.6) is 0 Å². The molecule has 0 unspecified atom stereocenters. The summed E-state index contributed by atoms with van der Waals surface area (Å²) >= 11 is 6.52. The number of carbonyl (C=O) groups excluding carboxylic acids is 1. The number of aromatic amines is 1. The maximum atomic E-state index is 12.7. The second-order valence-electron chi connectivity index (χ2n) is 7.09. The van der Waals surface area contributed by atoms with Crippen molar-refractivity contribution in [3.8, 4) is 0 Å². The summed E-state index contributed by atoms with van der Waals surface area (Å²) in [7, 11) is 0. The lowest BCUT2D eigenvalue weighted by molar-refractivity contribution is -0.121. The van der Waals surface area contributed by atoms with Crippen LogP contribution in [0.25, 0.3) is 10.9 Å². The van der Waals surface area contributed by atoms with Gasteiger partial charge < -0.3 is 10.3 Å². The van der Waals surface area contributed by atoms with Crippen LogP contribution in [-0.2, 0) is 11.2 Å². The van der Waals surface area contributed by atoms with Crippen molar-refractivity contribution in [3.05, 3.63) is 70.4 Å². The Morgan fingerprint density at radius 2 is 1.89 bits per heavy atom. The molecule has 0 bridgehead atoms. The second-order valence-corrected chi connectivity index (χ2v) is 7.50. The molecule has 2 aromatic carbocycles. The molecule has 142 valence electrons. The Bertz CT molecular complexity index is 931. The molecule has 0 aliphatic carbocycles. The van der Waals surface area contributed by atoms with Gasteiger partial charge >= 0.3 is 0 Å². The zero-order chi connectivity index (χ0) is 19.4. The fourth-order valence-corrected chi connectivity index (χ4v) is 3.86. The third-order valence-electron chi connectivity index (χ3n) is 5.28. The molecular formula is C23H27ClN2O. The highest BCUT2D eigenvalue weighted by Gasteiger charge is 2.24. The van der Waals surface area contributed by atoms with E-state index in [1.807, 2.05) is 37.4 Å². The SMILES string of the molecule is CCc1cccc2c([C@@H](CC(=O)N[C@H](C)CC)c3ccccc3Cl)c[nH]c12. The Morgan fingerprint density at radius 3 is 2.59 bits per heavy atom. The Balaban J connectivity index is 2.05. The molecular weight excluding hydrogens is 356 g/mol. The van der Waals surface area contributed by atoms with E-state index in [4.69, 9.17) is 11.6 Å². The van der Waals surface area contributed by atoms with Crippen LogP contribution in [0.15, 0.2) is 48.7 Å². The summed E-state index contributed by atoms with van der Waals surface area (Å²) in [5, 5.41) is 4.95. The van der Waals surface area contributed by atoms with Gasteiger partial charge in [0, 0.05) is 40.5 Å². The summed E-state index contributed by atoms with van der Waals surface area (Å²) in [5.41, 5.74) is 4.53. The third-order valence-corrected chi connectivity index (χ3v) is 5.62. The Hall–Kier alpha value is -2.26. The molecule has 0 saturated carbocycles. The number of nitrogens with one attached hydrogen (secondary N) is 2. The molecule has 3 nitrogen and oxygen atoms in total. The van der Waals surface area contributed by atoms with Crippen LogP contribution in [0.4, 0.5) is 0 Å². The average Bonchev–Trinajstić information content (AvgIpc) is 3.10. The molecule has 1 aromatic heterocycles. The molecule has 1 amide bonds. The number of aryl methyl sites for hydroxylation is 1. The molecule has 3 rings (SSSR count). The first-order valence-corrected chi connectivity index (χ1v) is 10.1. The number of carbonyl (C=O) groups is 1. The summed E-state index contributed by atoms with van der Waals surface area (Å²) in [6.45, 7) is 6.25. The quantitative estimate of drug-likeness (QED) is 0.531. The Labute approximate surface area is 166 Å². The largest absolute Gasteiger partial charge is 0.361 e. The van der Waals surface area contributed by atoms with Crippen LogP contribution in [0.2, 0.25) is 5.02 Å². The smallest absolute Gasteiger partial charge is 0.221 e. The van der Waals surface area contributed by atoms with Crippen molar-refractivity contribution in [1.82, 2.24) is 10.3 Å². The van der Waals surface area contributed by atoms with E-state index in [0.717, 1.165) is 34.9 Å². The van der Waals surface area contributed by atoms with Gasteiger partial charge in [0.1, 0.15) is 0 Å². The minimum atomic E-state index is -0.0939. The number of rotatable bonds is 7. The van der Waals surface area contributed by atoms with Gasteiger partial charge in [0.05, 0.1) is 0 Å². The minimum Gasteiger partial charge on any atom is -0.361 e. The lowest BCUT2D eigenvalue weighted by atomic mass is 9.87. The summed E-state index contributed by atoms with van der Waals surface area (Å²) in [6, 6.07) is 14.3. The third kappa shape index (κ3) is 4.19. The van der Waals surface area contributed by atoms with Crippen molar-refractivity contribution in [1.29, 1.82) is 0 Å². The van der Waals surface area contributed by atoms with Crippen molar-refractivity contribution >= 4 is 28.4 Å². The van der Waals surface area contributed by atoms with Gasteiger partial charge in [-0.2, -0.15) is 0 Å². The molecule has 0 fully saturated rings. The molecule has 4 heteroatoms. The number of hydrogen-bond donors (Lipinski definition) is 2. The van der Waals surface area contributed by atoms with E-state index in [1.54, 1.807) is 0 Å². The summed E-state index contributed by atoms with van der Waals surface area (Å²) in [4.78, 5) is 16.1. The van der Waals surface area contributed by atoms with Crippen molar-refractivity contribution < 1.29 is 4.79 Å². The first-order valence-electron chi connectivity index (χ1n) is 9.67. The molecule has 0 saturated heterocycles. The molecule has 3 aromatic rings. The molecule has 2 atom stereocenters. The van der Waals surface area contributed by atoms with Crippen LogP contribution >= 0.6 is 11.6 Å². The summed E-state index contributed by atoms with van der Waals surface area (Å²) in [5.74, 6) is -0.0427. The maximum Gasteiger partial charge on any atom is 0.221 e. The van der Waals surface area contributed by atoms with Crippen LogP contribution in [-0.4, -0.2) is 16.9 Å². The lowest BCUT2D eigenvalue weighted by Crippen LogP contribution is -2.33. The maximum absolute atomic E-state index is 12.7. The number of amides is 1. The number of para-hydroxylation sites is 1. The number of fused-ring (bicyclic) bond motifs is 1. The number of H-pyrrole nitrogens is 1. The van der Waals surface area contributed by atoms with Gasteiger partial charge in [-0.25, -0.2) is 0 Å². The van der Waals surface area contributed by atoms with E-state index in [-0.39, 0.29) is 17.9 Å². The van der Waals surface area contributed by atoms with E-state index < -0.39 is 0 Å². The van der Waals surface area contributed by atoms with Gasteiger partial charge in [-0.05, 0) is 42.5 Å². The fraction of sp³-hybridized carbons (Fsp3) is 0.348. The standard InChI is InChI=1S/C23H27ClN2O/c1-4-15(3)26-22(27)13-19(17-10-6-7-12-21(17)24)20-14-25-23-16(5-2)9-8-11-18(20)23/h6-12,14-15,19,25H,4-5,13H2,1-3H3,(H,26,27)/t15-,19+/m1/s1. The highest BCUT2D eigenvalue weighted by molar-refractivity contribution is 6.31. The van der Waals surface area contributed by atoms with Gasteiger partial charge in [0.25, 0.3) is 0 Å². The number of hydrogen-bond acceptors (Lipinski definition) is 1. The lowest BCUT2D eigenvalue weighted by Gasteiger charge is -2.20. The first kappa shape index (κ1) is 19.5. The molecule has 1 heterocycles. The molecule has 0 aliphatic rings. The van der Waals surface area contributed by atoms with E-state index in [2.05, 4.69) is 42.3 Å². The highest BCUT2D eigenvalue weighted by Crippen LogP contribution is 2.37. The van der Waals surface area contributed by atoms with Gasteiger partial charge in [-0.1, -0.05) is 61.8 Å². The van der Waals surface area contributed by atoms with Crippen LogP contribution < -0.4 is 5.32 Å². The van der Waals surface area contributed by atoms with Gasteiger partial charge in [0.2, 0.25) is 5.91 Å². The summed E-state index contributed by atoms with van der Waals surface area (Å²) in [6.07, 6.45) is 4.28. The zero-order valence-corrected chi connectivity index (χ0v) is 16.9. The minimum absolute atomic E-state index is 0.0512. The van der Waals surface area contributed by atoms with E-state index >= 15 is 0 Å². The molecule has 2 N–H and O–H groups in total. The molecule has 27 heavy (non-hydrogen) atoms. The number of halogens is 1. The van der Waals surface area contributed by atoms with Crippen molar-refractivity contribution in [3.63, 3.8) is 0 Å². The van der Waals surface area contributed by atoms with Crippen LogP contribution in [0.3, 0.4) is 0 Å². The first-order chi connectivity index (χ1) is 13.0. The fourth-order valence-electron chi connectivity index (χ4n) is 3.59. The topological polar surface area (TPSA) is 44.9 Å². The zero-order valence-electron chi connectivity index (χ0n) is 16.2. The van der Waals surface area contributed by atoms with Crippen molar-refractivity contribution in [2.45, 2.75) is 52.0 Å². The number of benzene rings is 2. The van der Waals surface area contributed by atoms with E-state index in [9.17, 15) is 4.79 Å². The molecule has 0 spiro atoms. The van der Waals surface area contributed by atoms with Gasteiger partial charge in [0.15, 0.2) is 0 Å². The molecule has 0 radical (unpaired) electrons. The second kappa shape index (κ2) is 8.62. The van der Waals surface area contributed by atoms with Gasteiger partial charge in [-0.3, -0.25) is 4.79 Å². The average molecular weight is 383 g/mol. The monoisotopic (exact) mass is 382 g/mol. The summed E-state index contributed by atoms with van der Waals surface area (Å²) < 4.78 is 0. The number of aromatic nitrogens is 1. The van der Waals surface area contributed by atoms with Gasteiger partial charge in [-0.15, -0.1) is 0 Å². The van der Waals surface area contributed by atoms with E-state index in [0.29, 0.717) is 11.4 Å². The highest BCUT2D eigenvalue weighted by atomic mass is 35.5.